The van der Waals surface area contributed by atoms with E-state index >= 15 is 0 Å². The smallest absolute Gasteiger partial charge is 0.244 e. The highest BCUT2D eigenvalue weighted by molar-refractivity contribution is 6.31. The molecule has 0 spiro atoms. The summed E-state index contributed by atoms with van der Waals surface area (Å²) in [6.07, 6.45) is 0.188. The molecular formula is C12H13ClN2O2. The molecular weight excluding hydrogens is 240 g/mol. The minimum absolute atomic E-state index is 0.0784. The summed E-state index contributed by atoms with van der Waals surface area (Å²) in [5, 5.41) is 6.01. The molecule has 1 aliphatic rings. The van der Waals surface area contributed by atoms with Gasteiger partial charge in [0.05, 0.1) is 12.5 Å². The Hall–Kier alpha value is -1.39. The fraction of sp³-hybridized carbons (Fsp3) is 0.333. The maximum atomic E-state index is 11.4. The molecule has 1 aromatic carbocycles. The largest absolute Gasteiger partial charge is 0.299 e. The number of benzene rings is 1. The fourth-order valence-corrected chi connectivity index (χ4v) is 2.21. The van der Waals surface area contributed by atoms with Gasteiger partial charge in [-0.15, -0.1) is 0 Å². The molecule has 1 unspecified atom stereocenters. The van der Waals surface area contributed by atoms with Crippen molar-refractivity contribution in [3.63, 3.8) is 0 Å². The van der Waals surface area contributed by atoms with Crippen LogP contribution in [0.4, 0.5) is 0 Å². The van der Waals surface area contributed by atoms with Gasteiger partial charge < -0.3 is 0 Å². The molecule has 0 aliphatic carbocycles. The third-order valence-electron chi connectivity index (χ3n) is 2.79. The Balaban J connectivity index is 2.07. The van der Waals surface area contributed by atoms with E-state index in [1.54, 1.807) is 6.07 Å². The van der Waals surface area contributed by atoms with E-state index in [4.69, 9.17) is 11.6 Å². The van der Waals surface area contributed by atoms with Crippen LogP contribution in [-0.2, 0) is 9.59 Å². The molecule has 0 aromatic heterocycles. The highest BCUT2D eigenvalue weighted by Gasteiger charge is 2.31. The van der Waals surface area contributed by atoms with Crippen LogP contribution in [0.2, 0.25) is 5.02 Å². The lowest BCUT2D eigenvalue weighted by molar-refractivity contribution is -0.125. The van der Waals surface area contributed by atoms with Gasteiger partial charge in [0.15, 0.2) is 0 Å². The van der Waals surface area contributed by atoms with Gasteiger partial charge in [0.2, 0.25) is 11.8 Å². The highest BCUT2D eigenvalue weighted by Crippen LogP contribution is 2.23. The number of hydrogen-bond acceptors (Lipinski definition) is 3. The van der Waals surface area contributed by atoms with Crippen LogP contribution in [0.5, 0.6) is 0 Å². The Morgan fingerprint density at radius 1 is 1.41 bits per heavy atom. The van der Waals surface area contributed by atoms with Crippen LogP contribution in [0.25, 0.3) is 0 Å². The Morgan fingerprint density at radius 2 is 2.12 bits per heavy atom. The van der Waals surface area contributed by atoms with E-state index in [0.29, 0.717) is 5.02 Å². The van der Waals surface area contributed by atoms with E-state index < -0.39 is 6.04 Å². The molecule has 1 aromatic rings. The van der Waals surface area contributed by atoms with Gasteiger partial charge in [-0.05, 0) is 18.6 Å². The van der Waals surface area contributed by atoms with E-state index in [1.807, 2.05) is 25.1 Å². The predicted octanol–water partition coefficient (Wildman–Crippen LogP) is 1.41. The topological polar surface area (TPSA) is 58.2 Å². The van der Waals surface area contributed by atoms with Crippen molar-refractivity contribution in [2.75, 3.05) is 0 Å². The van der Waals surface area contributed by atoms with Crippen LogP contribution in [0.3, 0.4) is 0 Å². The van der Waals surface area contributed by atoms with E-state index in [1.165, 1.54) is 0 Å². The van der Waals surface area contributed by atoms with E-state index in [2.05, 4.69) is 10.6 Å². The molecule has 0 saturated carbocycles. The Kier molecular flexibility index (Phi) is 3.45. The van der Waals surface area contributed by atoms with Gasteiger partial charge in [-0.2, -0.15) is 0 Å². The van der Waals surface area contributed by atoms with Crippen LogP contribution in [0.1, 0.15) is 24.9 Å². The van der Waals surface area contributed by atoms with Crippen molar-refractivity contribution < 1.29 is 9.59 Å². The molecule has 2 N–H and O–H groups in total. The Bertz CT molecular complexity index is 462. The first kappa shape index (κ1) is 12.1. The van der Waals surface area contributed by atoms with Crippen molar-refractivity contribution >= 4 is 23.4 Å². The number of amides is 2. The SMILES string of the molecule is C[C@H](NC1CC(=O)NC1=O)c1ccccc1Cl. The molecule has 0 radical (unpaired) electrons. The first-order valence-corrected chi connectivity index (χ1v) is 5.80. The fourth-order valence-electron chi connectivity index (χ4n) is 1.91. The standard InChI is InChI=1S/C12H13ClN2O2/c1-7(8-4-2-3-5-9(8)13)14-10-6-11(16)15-12(10)17/h2-5,7,10,14H,6H2,1H3,(H,15,16,17)/t7-,10?/m0/s1. The Morgan fingerprint density at radius 3 is 2.71 bits per heavy atom. The molecule has 2 amide bonds. The van der Waals surface area contributed by atoms with Crippen LogP contribution < -0.4 is 10.6 Å². The number of carbonyl (C=O) groups is 2. The third kappa shape index (κ3) is 2.65. The number of halogens is 1. The predicted molar refractivity (Wildman–Crippen MR) is 64.6 cm³/mol. The lowest BCUT2D eigenvalue weighted by atomic mass is 10.1. The molecule has 4 nitrogen and oxygen atoms in total. The van der Waals surface area contributed by atoms with Crippen molar-refractivity contribution in [3.05, 3.63) is 34.9 Å². The summed E-state index contributed by atoms with van der Waals surface area (Å²) in [4.78, 5) is 22.5. The number of imide groups is 1. The van der Waals surface area contributed by atoms with E-state index in [9.17, 15) is 9.59 Å². The van der Waals surface area contributed by atoms with Crippen molar-refractivity contribution in [1.82, 2.24) is 10.6 Å². The van der Waals surface area contributed by atoms with Gasteiger partial charge in [0.1, 0.15) is 0 Å². The summed E-state index contributed by atoms with van der Waals surface area (Å²) in [5.74, 6) is -0.507. The van der Waals surface area contributed by atoms with Crippen molar-refractivity contribution in [1.29, 1.82) is 0 Å². The second kappa shape index (κ2) is 4.85. The summed E-state index contributed by atoms with van der Waals surface area (Å²) in [5.41, 5.74) is 0.918. The average Bonchev–Trinajstić information content (AvgIpc) is 2.58. The summed E-state index contributed by atoms with van der Waals surface area (Å²) in [7, 11) is 0. The van der Waals surface area contributed by atoms with Gasteiger partial charge >= 0.3 is 0 Å². The molecule has 2 atom stereocenters. The summed E-state index contributed by atoms with van der Waals surface area (Å²) >= 11 is 6.06. The number of nitrogens with one attached hydrogen (secondary N) is 2. The number of hydrogen-bond donors (Lipinski definition) is 2. The molecule has 1 saturated heterocycles. The van der Waals surface area contributed by atoms with Gasteiger partial charge in [0.25, 0.3) is 0 Å². The highest BCUT2D eigenvalue weighted by atomic mass is 35.5. The Labute approximate surface area is 104 Å². The van der Waals surface area contributed by atoms with Crippen molar-refractivity contribution in [3.8, 4) is 0 Å². The van der Waals surface area contributed by atoms with Gasteiger partial charge in [-0.1, -0.05) is 29.8 Å². The zero-order chi connectivity index (χ0) is 12.4. The first-order valence-electron chi connectivity index (χ1n) is 5.42. The van der Waals surface area contributed by atoms with E-state index in [0.717, 1.165) is 5.56 Å². The second-order valence-electron chi connectivity index (χ2n) is 4.08. The van der Waals surface area contributed by atoms with Crippen molar-refractivity contribution in [2.24, 2.45) is 0 Å². The monoisotopic (exact) mass is 252 g/mol. The minimum Gasteiger partial charge on any atom is -0.299 e. The molecule has 2 rings (SSSR count). The summed E-state index contributed by atoms with van der Waals surface area (Å²) < 4.78 is 0. The maximum Gasteiger partial charge on any atom is 0.244 e. The summed E-state index contributed by atoms with van der Waals surface area (Å²) in [6, 6.07) is 6.90. The van der Waals surface area contributed by atoms with Gasteiger partial charge in [-0.3, -0.25) is 20.2 Å². The zero-order valence-corrected chi connectivity index (χ0v) is 10.1. The lowest BCUT2D eigenvalue weighted by Crippen LogP contribution is -2.37. The summed E-state index contributed by atoms with van der Waals surface area (Å²) in [6.45, 7) is 1.91. The molecule has 0 bridgehead atoms. The van der Waals surface area contributed by atoms with Gasteiger partial charge in [0, 0.05) is 11.1 Å². The molecule has 5 heteroatoms. The van der Waals surface area contributed by atoms with E-state index in [-0.39, 0.29) is 24.3 Å². The number of carbonyl (C=O) groups excluding carboxylic acids is 2. The van der Waals surface area contributed by atoms with Crippen molar-refractivity contribution in [2.45, 2.75) is 25.4 Å². The molecule has 90 valence electrons. The zero-order valence-electron chi connectivity index (χ0n) is 9.37. The number of rotatable bonds is 3. The average molecular weight is 253 g/mol. The molecule has 1 heterocycles. The van der Waals surface area contributed by atoms with Crippen LogP contribution in [-0.4, -0.2) is 17.9 Å². The normalized spacial score (nSPS) is 21.4. The van der Waals surface area contributed by atoms with Gasteiger partial charge in [-0.25, -0.2) is 0 Å². The second-order valence-corrected chi connectivity index (χ2v) is 4.49. The van der Waals surface area contributed by atoms with Crippen LogP contribution in [0, 0.1) is 0 Å². The quantitative estimate of drug-likeness (QED) is 0.800. The van der Waals surface area contributed by atoms with Crippen LogP contribution >= 0.6 is 11.6 Å². The maximum absolute atomic E-state index is 11.4. The molecule has 17 heavy (non-hydrogen) atoms. The van der Waals surface area contributed by atoms with Crippen LogP contribution in [0.15, 0.2) is 24.3 Å². The molecule has 1 fully saturated rings. The minimum atomic E-state index is -0.464. The lowest BCUT2D eigenvalue weighted by Gasteiger charge is -2.18. The first-order chi connectivity index (χ1) is 8.08. The third-order valence-corrected chi connectivity index (χ3v) is 3.14. The molecule has 1 aliphatic heterocycles.